The molecule has 0 aliphatic rings. The van der Waals surface area contributed by atoms with Crippen LogP contribution in [0.25, 0.3) is 0 Å². The van der Waals surface area contributed by atoms with Gasteiger partial charge < -0.3 is 5.32 Å². The second kappa shape index (κ2) is 8.76. The first-order valence-electron chi connectivity index (χ1n) is 6.80. The van der Waals surface area contributed by atoms with Crippen LogP contribution in [-0.4, -0.2) is 36.3 Å². The standard InChI is InChI=1S/C14H21BrN4O2/c1-3-17-13(20)9-19(4-2)8-11-6-5-10(7-12(11)15)14(21)18-16/h5-7H,3-4,8-9,16H2,1-2H3,(H,17,20)(H,18,21). The number of benzene rings is 1. The second-order valence-corrected chi connectivity index (χ2v) is 5.39. The summed E-state index contributed by atoms with van der Waals surface area (Å²) in [6, 6.07) is 5.29. The summed E-state index contributed by atoms with van der Waals surface area (Å²) in [7, 11) is 0. The molecule has 0 fully saturated rings. The van der Waals surface area contributed by atoms with E-state index in [-0.39, 0.29) is 11.8 Å². The zero-order valence-corrected chi connectivity index (χ0v) is 13.9. The molecule has 0 aliphatic heterocycles. The van der Waals surface area contributed by atoms with Gasteiger partial charge in [0.25, 0.3) is 5.91 Å². The first-order valence-corrected chi connectivity index (χ1v) is 7.59. The molecule has 0 radical (unpaired) electrons. The van der Waals surface area contributed by atoms with Crippen molar-refractivity contribution in [3.05, 3.63) is 33.8 Å². The predicted molar refractivity (Wildman–Crippen MR) is 85.4 cm³/mol. The van der Waals surface area contributed by atoms with Gasteiger partial charge >= 0.3 is 0 Å². The maximum absolute atomic E-state index is 11.6. The molecule has 6 nitrogen and oxygen atoms in total. The molecule has 0 atom stereocenters. The fraction of sp³-hybridized carbons (Fsp3) is 0.429. The van der Waals surface area contributed by atoms with Crippen LogP contribution in [-0.2, 0) is 11.3 Å². The van der Waals surface area contributed by atoms with Crippen molar-refractivity contribution in [3.8, 4) is 0 Å². The molecule has 2 amide bonds. The van der Waals surface area contributed by atoms with E-state index in [0.717, 1.165) is 16.6 Å². The summed E-state index contributed by atoms with van der Waals surface area (Å²) in [5, 5.41) is 2.78. The highest BCUT2D eigenvalue weighted by atomic mass is 79.9. The summed E-state index contributed by atoms with van der Waals surface area (Å²) in [6.45, 7) is 6.26. The van der Waals surface area contributed by atoms with E-state index in [1.165, 1.54) is 0 Å². The SMILES string of the molecule is CCNC(=O)CN(CC)Cc1ccc(C(=O)NN)cc1Br. The number of carbonyl (C=O) groups excluding carboxylic acids is 2. The maximum Gasteiger partial charge on any atom is 0.265 e. The summed E-state index contributed by atoms with van der Waals surface area (Å²) < 4.78 is 0.818. The van der Waals surface area contributed by atoms with E-state index in [9.17, 15) is 9.59 Å². The van der Waals surface area contributed by atoms with Crippen LogP contribution in [0.5, 0.6) is 0 Å². The lowest BCUT2D eigenvalue weighted by Crippen LogP contribution is -2.36. The van der Waals surface area contributed by atoms with E-state index in [4.69, 9.17) is 5.84 Å². The van der Waals surface area contributed by atoms with Gasteiger partial charge in [-0.3, -0.25) is 19.9 Å². The second-order valence-electron chi connectivity index (χ2n) is 4.54. The maximum atomic E-state index is 11.6. The molecular formula is C14H21BrN4O2. The summed E-state index contributed by atoms with van der Waals surface area (Å²) in [6.07, 6.45) is 0. The lowest BCUT2D eigenvalue weighted by atomic mass is 10.1. The van der Waals surface area contributed by atoms with Gasteiger partial charge in [-0.2, -0.15) is 0 Å². The zero-order valence-electron chi connectivity index (χ0n) is 12.3. The molecule has 0 unspecified atom stereocenters. The molecule has 0 spiro atoms. The Kier molecular flexibility index (Phi) is 7.35. The van der Waals surface area contributed by atoms with Crippen LogP contribution in [0.2, 0.25) is 0 Å². The quantitative estimate of drug-likeness (QED) is 0.386. The van der Waals surface area contributed by atoms with Crippen LogP contribution in [0.3, 0.4) is 0 Å². The van der Waals surface area contributed by atoms with Crippen molar-refractivity contribution in [1.82, 2.24) is 15.6 Å². The molecular weight excluding hydrogens is 336 g/mol. The molecule has 0 bridgehead atoms. The van der Waals surface area contributed by atoms with Gasteiger partial charge in [-0.25, -0.2) is 5.84 Å². The topological polar surface area (TPSA) is 87.5 Å². The molecule has 0 aliphatic carbocycles. The third kappa shape index (κ3) is 5.45. The molecule has 4 N–H and O–H groups in total. The van der Waals surface area contributed by atoms with Gasteiger partial charge in [0.15, 0.2) is 0 Å². The van der Waals surface area contributed by atoms with Crippen molar-refractivity contribution in [2.45, 2.75) is 20.4 Å². The number of halogens is 1. The van der Waals surface area contributed by atoms with Crippen LogP contribution in [0.15, 0.2) is 22.7 Å². The summed E-state index contributed by atoms with van der Waals surface area (Å²) in [5.41, 5.74) is 3.59. The van der Waals surface area contributed by atoms with Gasteiger partial charge in [-0.05, 0) is 31.2 Å². The van der Waals surface area contributed by atoms with E-state index in [1.54, 1.807) is 12.1 Å². The van der Waals surface area contributed by atoms with Crippen molar-refractivity contribution in [2.75, 3.05) is 19.6 Å². The van der Waals surface area contributed by atoms with Gasteiger partial charge in [0.1, 0.15) is 0 Å². The third-order valence-electron chi connectivity index (χ3n) is 3.03. The van der Waals surface area contributed by atoms with Gasteiger partial charge in [0.05, 0.1) is 6.54 Å². The van der Waals surface area contributed by atoms with Gasteiger partial charge in [0, 0.05) is 23.1 Å². The number of nitrogens with two attached hydrogens (primary N) is 1. The smallest absolute Gasteiger partial charge is 0.265 e. The van der Waals surface area contributed by atoms with Crippen molar-refractivity contribution < 1.29 is 9.59 Å². The van der Waals surface area contributed by atoms with E-state index >= 15 is 0 Å². The minimum atomic E-state index is -0.336. The van der Waals surface area contributed by atoms with Gasteiger partial charge in [-0.15, -0.1) is 0 Å². The summed E-state index contributed by atoms with van der Waals surface area (Å²) in [5.74, 6) is 4.78. The van der Waals surface area contributed by atoms with E-state index in [1.807, 2.05) is 24.8 Å². The number of hydrogen-bond donors (Lipinski definition) is 3. The Bertz CT molecular complexity index is 508. The normalized spacial score (nSPS) is 10.5. The fourth-order valence-electron chi connectivity index (χ4n) is 1.88. The number of rotatable bonds is 7. The first kappa shape index (κ1) is 17.6. The zero-order chi connectivity index (χ0) is 15.8. The molecule has 0 saturated heterocycles. The van der Waals surface area contributed by atoms with Crippen LogP contribution in [0.1, 0.15) is 29.8 Å². The number of nitrogens with one attached hydrogen (secondary N) is 2. The van der Waals surface area contributed by atoms with E-state index in [2.05, 4.69) is 26.7 Å². The molecule has 116 valence electrons. The van der Waals surface area contributed by atoms with Crippen molar-refractivity contribution in [3.63, 3.8) is 0 Å². The number of hydrogen-bond acceptors (Lipinski definition) is 4. The average molecular weight is 357 g/mol. The molecule has 0 saturated carbocycles. The number of nitrogens with zero attached hydrogens (tertiary/aromatic N) is 1. The Morgan fingerprint density at radius 3 is 2.57 bits per heavy atom. The van der Waals surface area contributed by atoms with Gasteiger partial charge in [-0.1, -0.05) is 28.9 Å². The molecule has 7 heteroatoms. The average Bonchev–Trinajstić information content (AvgIpc) is 2.47. The Labute approximate surface area is 133 Å². The Hall–Kier alpha value is -1.44. The first-order chi connectivity index (χ1) is 10.0. The third-order valence-corrected chi connectivity index (χ3v) is 3.77. The number of carbonyl (C=O) groups is 2. The van der Waals surface area contributed by atoms with Crippen molar-refractivity contribution >= 4 is 27.7 Å². The molecule has 0 heterocycles. The largest absolute Gasteiger partial charge is 0.355 e. The fourth-order valence-corrected chi connectivity index (χ4v) is 2.38. The lowest BCUT2D eigenvalue weighted by molar-refractivity contribution is -0.122. The van der Waals surface area contributed by atoms with Crippen molar-refractivity contribution in [2.24, 2.45) is 5.84 Å². The Morgan fingerprint density at radius 1 is 1.33 bits per heavy atom. The molecule has 0 aromatic heterocycles. The van der Waals surface area contributed by atoms with E-state index in [0.29, 0.717) is 25.2 Å². The number of hydrazine groups is 1. The highest BCUT2D eigenvalue weighted by Gasteiger charge is 2.12. The van der Waals surface area contributed by atoms with Gasteiger partial charge in [0.2, 0.25) is 5.91 Å². The predicted octanol–water partition coefficient (Wildman–Crippen LogP) is 1.01. The summed E-state index contributed by atoms with van der Waals surface area (Å²) in [4.78, 5) is 25.1. The summed E-state index contributed by atoms with van der Waals surface area (Å²) >= 11 is 3.45. The lowest BCUT2D eigenvalue weighted by Gasteiger charge is -2.20. The van der Waals surface area contributed by atoms with Crippen LogP contribution < -0.4 is 16.6 Å². The van der Waals surface area contributed by atoms with Crippen LogP contribution >= 0.6 is 15.9 Å². The number of likely N-dealkylation sites (N-methyl/N-ethyl adjacent to an activating group) is 2. The minimum absolute atomic E-state index is 0.00889. The van der Waals surface area contributed by atoms with Crippen LogP contribution in [0.4, 0.5) is 0 Å². The highest BCUT2D eigenvalue weighted by Crippen LogP contribution is 2.20. The highest BCUT2D eigenvalue weighted by molar-refractivity contribution is 9.10. The Balaban J connectivity index is 2.76. The number of amides is 2. The van der Waals surface area contributed by atoms with E-state index < -0.39 is 0 Å². The minimum Gasteiger partial charge on any atom is -0.355 e. The molecule has 1 aromatic rings. The molecule has 21 heavy (non-hydrogen) atoms. The van der Waals surface area contributed by atoms with Crippen molar-refractivity contribution in [1.29, 1.82) is 0 Å². The van der Waals surface area contributed by atoms with Crippen LogP contribution in [0, 0.1) is 0 Å². The monoisotopic (exact) mass is 356 g/mol. The number of nitrogen functional groups attached to an aromatic ring is 1. The molecule has 1 aromatic carbocycles. The molecule has 1 rings (SSSR count). The Morgan fingerprint density at radius 2 is 2.05 bits per heavy atom.